The Bertz CT molecular complexity index is 573. The second-order valence-corrected chi connectivity index (χ2v) is 4.48. The summed E-state index contributed by atoms with van der Waals surface area (Å²) in [4.78, 5) is 4.55. The minimum Gasteiger partial charge on any atom is -0.443 e. The number of rotatable bonds is 5. The lowest BCUT2D eigenvalue weighted by Crippen LogP contribution is -2.03. The van der Waals surface area contributed by atoms with Crippen LogP contribution in [0.1, 0.15) is 25.3 Å². The number of hydrogen-bond donors (Lipinski definition) is 0. The summed E-state index contributed by atoms with van der Waals surface area (Å²) in [6.07, 6.45) is 1.77. The van der Waals surface area contributed by atoms with Crippen molar-refractivity contribution in [3.8, 4) is 0 Å². The molecule has 20 heavy (non-hydrogen) atoms. The standard InChI is InChI=1S/C18H19NO/c1-3-10-18(19-17-13-8-5-9-14-17)20-15(2)16-11-6-4-7-12-16/h4-9,11-14H,2-3,10H2,1H3. The van der Waals surface area contributed by atoms with Crippen LogP contribution in [0.4, 0.5) is 5.69 Å². The molecular formula is C18H19NO. The summed E-state index contributed by atoms with van der Waals surface area (Å²) in [7, 11) is 0. The van der Waals surface area contributed by atoms with Gasteiger partial charge in [-0.05, 0) is 18.6 Å². The third-order valence-corrected chi connectivity index (χ3v) is 2.81. The van der Waals surface area contributed by atoms with E-state index in [2.05, 4.69) is 18.5 Å². The number of aliphatic imine (C=N–C) groups is 1. The van der Waals surface area contributed by atoms with Crippen LogP contribution in [0.25, 0.3) is 5.76 Å². The Morgan fingerprint density at radius 2 is 1.60 bits per heavy atom. The molecule has 0 radical (unpaired) electrons. The number of ether oxygens (including phenoxy) is 1. The molecule has 2 rings (SSSR count). The van der Waals surface area contributed by atoms with Gasteiger partial charge in [0.2, 0.25) is 0 Å². The molecule has 0 heterocycles. The zero-order valence-corrected chi connectivity index (χ0v) is 11.8. The third-order valence-electron chi connectivity index (χ3n) is 2.81. The number of nitrogens with zero attached hydrogens (tertiary/aromatic N) is 1. The van der Waals surface area contributed by atoms with Gasteiger partial charge in [-0.25, -0.2) is 4.99 Å². The molecule has 0 amide bonds. The summed E-state index contributed by atoms with van der Waals surface area (Å²) in [5, 5.41) is 0. The maximum Gasteiger partial charge on any atom is 0.195 e. The van der Waals surface area contributed by atoms with Crippen LogP contribution < -0.4 is 0 Å². The van der Waals surface area contributed by atoms with Crippen molar-refractivity contribution in [1.29, 1.82) is 0 Å². The van der Waals surface area contributed by atoms with Crippen LogP contribution in [-0.2, 0) is 4.74 Å². The number of para-hydroxylation sites is 1. The van der Waals surface area contributed by atoms with Gasteiger partial charge in [-0.1, -0.05) is 62.0 Å². The zero-order chi connectivity index (χ0) is 14.2. The van der Waals surface area contributed by atoms with Gasteiger partial charge in [0, 0.05) is 12.0 Å². The Hall–Kier alpha value is -2.35. The lowest BCUT2D eigenvalue weighted by molar-refractivity contribution is 0.490. The van der Waals surface area contributed by atoms with Gasteiger partial charge in [0.25, 0.3) is 0 Å². The molecule has 0 N–H and O–H groups in total. The van der Waals surface area contributed by atoms with Crippen molar-refractivity contribution in [3.05, 3.63) is 72.8 Å². The minimum atomic E-state index is 0.633. The number of hydrogen-bond acceptors (Lipinski definition) is 2. The topological polar surface area (TPSA) is 21.6 Å². The van der Waals surface area contributed by atoms with Crippen molar-refractivity contribution >= 4 is 17.3 Å². The van der Waals surface area contributed by atoms with E-state index in [9.17, 15) is 0 Å². The fourth-order valence-electron chi connectivity index (χ4n) is 1.82. The van der Waals surface area contributed by atoms with Gasteiger partial charge in [0.1, 0.15) is 5.76 Å². The van der Waals surface area contributed by atoms with E-state index in [1.165, 1.54) is 0 Å². The second-order valence-electron chi connectivity index (χ2n) is 4.48. The maximum absolute atomic E-state index is 5.84. The third kappa shape index (κ3) is 4.09. The summed E-state index contributed by atoms with van der Waals surface area (Å²) >= 11 is 0. The van der Waals surface area contributed by atoms with E-state index in [1.54, 1.807) is 0 Å². The Morgan fingerprint density at radius 1 is 1.00 bits per heavy atom. The summed E-state index contributed by atoms with van der Waals surface area (Å²) in [5.41, 5.74) is 1.88. The van der Waals surface area contributed by atoms with Crippen molar-refractivity contribution in [2.45, 2.75) is 19.8 Å². The van der Waals surface area contributed by atoms with Crippen LogP contribution in [0, 0.1) is 0 Å². The summed E-state index contributed by atoms with van der Waals surface area (Å²) in [6, 6.07) is 19.7. The molecule has 0 bridgehead atoms. The van der Waals surface area contributed by atoms with E-state index in [4.69, 9.17) is 4.74 Å². The van der Waals surface area contributed by atoms with Gasteiger partial charge >= 0.3 is 0 Å². The quantitative estimate of drug-likeness (QED) is 0.413. The van der Waals surface area contributed by atoms with Gasteiger partial charge in [-0.3, -0.25) is 0 Å². The van der Waals surface area contributed by atoms with Crippen LogP contribution in [0.15, 0.2) is 72.2 Å². The highest BCUT2D eigenvalue weighted by Gasteiger charge is 2.05. The molecule has 0 saturated carbocycles. The Labute approximate surface area is 120 Å². The highest BCUT2D eigenvalue weighted by Crippen LogP contribution is 2.18. The molecule has 0 saturated heterocycles. The molecule has 102 valence electrons. The molecule has 2 nitrogen and oxygen atoms in total. The van der Waals surface area contributed by atoms with Crippen molar-refractivity contribution < 1.29 is 4.74 Å². The van der Waals surface area contributed by atoms with Gasteiger partial charge < -0.3 is 4.74 Å². The van der Waals surface area contributed by atoms with Crippen LogP contribution >= 0.6 is 0 Å². The predicted octanol–water partition coefficient (Wildman–Crippen LogP) is 5.20. The van der Waals surface area contributed by atoms with Gasteiger partial charge in [0.05, 0.1) is 5.69 Å². The van der Waals surface area contributed by atoms with E-state index >= 15 is 0 Å². The molecule has 0 spiro atoms. The van der Waals surface area contributed by atoms with Crippen LogP contribution in [0.3, 0.4) is 0 Å². The Morgan fingerprint density at radius 3 is 2.20 bits per heavy atom. The van der Waals surface area contributed by atoms with Gasteiger partial charge in [-0.15, -0.1) is 0 Å². The van der Waals surface area contributed by atoms with Crippen molar-refractivity contribution in [2.75, 3.05) is 0 Å². The molecule has 0 aliphatic heterocycles. The summed E-state index contributed by atoms with van der Waals surface area (Å²) < 4.78 is 5.84. The number of benzene rings is 2. The first-order valence-electron chi connectivity index (χ1n) is 6.84. The normalized spacial score (nSPS) is 11.2. The molecule has 0 atom stereocenters. The van der Waals surface area contributed by atoms with Gasteiger partial charge in [0.15, 0.2) is 5.90 Å². The fourth-order valence-corrected chi connectivity index (χ4v) is 1.82. The van der Waals surface area contributed by atoms with E-state index in [0.717, 1.165) is 24.1 Å². The van der Waals surface area contributed by atoms with Crippen LogP contribution in [-0.4, -0.2) is 5.90 Å². The molecule has 0 aromatic heterocycles. The zero-order valence-electron chi connectivity index (χ0n) is 11.8. The van der Waals surface area contributed by atoms with Crippen molar-refractivity contribution in [3.63, 3.8) is 0 Å². The lowest BCUT2D eigenvalue weighted by Gasteiger charge is -2.11. The molecule has 0 unspecified atom stereocenters. The molecule has 0 aliphatic rings. The first-order valence-corrected chi connectivity index (χ1v) is 6.84. The van der Waals surface area contributed by atoms with Crippen LogP contribution in [0.5, 0.6) is 0 Å². The molecular weight excluding hydrogens is 246 g/mol. The van der Waals surface area contributed by atoms with Crippen molar-refractivity contribution in [1.82, 2.24) is 0 Å². The monoisotopic (exact) mass is 265 g/mol. The van der Waals surface area contributed by atoms with E-state index in [0.29, 0.717) is 11.7 Å². The summed E-state index contributed by atoms with van der Waals surface area (Å²) in [5.74, 6) is 1.33. The van der Waals surface area contributed by atoms with E-state index < -0.39 is 0 Å². The highest BCUT2D eigenvalue weighted by molar-refractivity contribution is 5.84. The Kier molecular flexibility index (Phi) is 5.13. The minimum absolute atomic E-state index is 0.633. The smallest absolute Gasteiger partial charge is 0.195 e. The van der Waals surface area contributed by atoms with E-state index in [-0.39, 0.29) is 0 Å². The lowest BCUT2D eigenvalue weighted by atomic mass is 10.2. The average molecular weight is 265 g/mol. The maximum atomic E-state index is 5.84. The first kappa shape index (κ1) is 14.1. The molecule has 2 aromatic carbocycles. The van der Waals surface area contributed by atoms with Crippen molar-refractivity contribution in [2.24, 2.45) is 4.99 Å². The van der Waals surface area contributed by atoms with E-state index in [1.807, 2.05) is 60.7 Å². The fraction of sp³-hybridized carbons (Fsp3) is 0.167. The second kappa shape index (κ2) is 7.29. The predicted molar refractivity (Wildman–Crippen MR) is 85.0 cm³/mol. The summed E-state index contributed by atoms with van der Waals surface area (Å²) in [6.45, 7) is 6.09. The molecule has 2 aromatic rings. The SMILES string of the molecule is C=C(OC(CCC)=Nc1ccccc1)c1ccccc1. The molecule has 2 heteroatoms. The first-order chi connectivity index (χ1) is 9.79. The highest BCUT2D eigenvalue weighted by atomic mass is 16.5. The van der Waals surface area contributed by atoms with Gasteiger partial charge in [-0.2, -0.15) is 0 Å². The molecule has 0 aliphatic carbocycles. The Balaban J connectivity index is 2.14. The average Bonchev–Trinajstić information content (AvgIpc) is 2.49. The van der Waals surface area contributed by atoms with Crippen LogP contribution in [0.2, 0.25) is 0 Å². The largest absolute Gasteiger partial charge is 0.443 e. The molecule has 0 fully saturated rings.